The molecule has 4 aromatic rings. The maximum absolute atomic E-state index is 13.8. The van der Waals surface area contributed by atoms with E-state index in [1.54, 1.807) is 21.5 Å². The molecule has 0 spiro atoms. The van der Waals surface area contributed by atoms with E-state index in [2.05, 4.69) is 121 Å². The number of unbranched alkanes of at least 4 members (excludes halogenated alkanes) is 1. The first kappa shape index (κ1) is 72.3. The summed E-state index contributed by atoms with van der Waals surface area (Å²) in [6.07, 6.45) is 17.4. The van der Waals surface area contributed by atoms with Crippen molar-refractivity contribution >= 4 is 56.5 Å². The fraction of sp³-hybridized carbons (Fsp3) is 0.643. The van der Waals surface area contributed by atoms with Crippen LogP contribution >= 0.6 is 0 Å². The predicted octanol–water partition coefficient (Wildman–Crippen LogP) is 14.8. The van der Waals surface area contributed by atoms with Crippen molar-refractivity contribution in [1.82, 2.24) is 29.1 Å². The maximum Gasteiger partial charge on any atom is 0.338 e. The number of hydrogen-bond donors (Lipinski definition) is 3. The molecule has 3 N–H and O–H groups in total. The fourth-order valence-corrected chi connectivity index (χ4v) is 14.0. The van der Waals surface area contributed by atoms with E-state index in [4.69, 9.17) is 33.7 Å². The average molecular weight is 1290 g/mol. The van der Waals surface area contributed by atoms with Gasteiger partial charge in [-0.25, -0.2) is 14.8 Å². The van der Waals surface area contributed by atoms with Crippen LogP contribution in [0.2, 0.25) is 51.4 Å². The summed E-state index contributed by atoms with van der Waals surface area (Å²) >= 11 is 0. The Balaban J connectivity index is 0.000000260. The lowest BCUT2D eigenvalue weighted by Gasteiger charge is -2.46. The van der Waals surface area contributed by atoms with Gasteiger partial charge in [-0.1, -0.05) is 92.5 Å². The summed E-state index contributed by atoms with van der Waals surface area (Å²) in [6, 6.07) is 13.8. The number of aliphatic hydroxyl groups excluding tert-OH is 1. The Morgan fingerprint density at radius 2 is 1.08 bits per heavy atom. The van der Waals surface area contributed by atoms with Gasteiger partial charge in [0.05, 0.1) is 52.8 Å². The standard InChI is InChI=1S/C37H55N5O5Si.C33H49N5O4Si/c1-10-11-18-46-34(44)37(6)22-27(21-36(4,5)47-37)29-12-13-30(31(40-29)26-14-16-35(2,3)17-15-26)41-33(43)32-39-28(23-38)24-42(32)25-45-19-20-48(7,8)9;1-31(2)13-11-23(12-14-31)28-27(10-9-26(36-28)24-17-32(3,4)42-33(5,18-24)21-39)37-30(40)29-35-25(19-34)20-38(29)22-41-15-16-43(6,7)8/h12-14,24,27H,10-11,15-22,25H2,1-9H3,(H,41,43);9-11,20,24,39H,12-18,21-22H2,1-8H3,(H,37,40). The molecule has 4 aromatic heterocycles. The summed E-state index contributed by atoms with van der Waals surface area (Å²) in [7, 11) is -2.55. The molecule has 4 atom stereocenters. The quantitative estimate of drug-likeness (QED) is 0.0355. The number of rotatable bonds is 23. The number of pyridine rings is 2. The van der Waals surface area contributed by atoms with Gasteiger partial charge < -0.3 is 48.6 Å². The Kier molecular flexibility index (Phi) is 23.4. The third-order valence-electron chi connectivity index (χ3n) is 17.7. The highest BCUT2D eigenvalue weighted by molar-refractivity contribution is 6.76. The molecule has 4 aliphatic rings. The molecule has 2 saturated heterocycles. The molecule has 19 nitrogen and oxygen atoms in total. The zero-order valence-corrected chi connectivity index (χ0v) is 59.7. The zero-order valence-electron chi connectivity index (χ0n) is 57.7. The van der Waals surface area contributed by atoms with E-state index in [-0.39, 0.29) is 71.7 Å². The van der Waals surface area contributed by atoms with Crippen molar-refractivity contribution in [2.24, 2.45) is 10.8 Å². The van der Waals surface area contributed by atoms with Crippen molar-refractivity contribution in [1.29, 1.82) is 10.5 Å². The van der Waals surface area contributed by atoms with Crippen molar-refractivity contribution in [2.75, 3.05) is 37.1 Å². The number of nitriles is 2. The number of esters is 1. The van der Waals surface area contributed by atoms with Crippen LogP contribution in [0.4, 0.5) is 11.4 Å². The summed E-state index contributed by atoms with van der Waals surface area (Å²) in [5, 5.41) is 35.3. The van der Waals surface area contributed by atoms with E-state index in [0.29, 0.717) is 50.5 Å². The van der Waals surface area contributed by atoms with Gasteiger partial charge in [0.25, 0.3) is 11.8 Å². The van der Waals surface area contributed by atoms with Gasteiger partial charge in [-0.3, -0.25) is 19.6 Å². The van der Waals surface area contributed by atoms with E-state index in [0.717, 1.165) is 104 Å². The lowest BCUT2D eigenvalue weighted by molar-refractivity contribution is -0.205. The van der Waals surface area contributed by atoms with E-state index >= 15 is 0 Å². The van der Waals surface area contributed by atoms with Crippen molar-refractivity contribution in [3.05, 3.63) is 94.6 Å². The highest BCUT2D eigenvalue weighted by Gasteiger charge is 2.49. The molecule has 0 saturated carbocycles. The van der Waals surface area contributed by atoms with Gasteiger partial charge in [-0.2, -0.15) is 10.5 Å². The second-order valence-electron chi connectivity index (χ2n) is 31.4. The van der Waals surface area contributed by atoms with E-state index in [1.807, 2.05) is 64.1 Å². The van der Waals surface area contributed by atoms with Crippen LogP contribution in [0.25, 0.3) is 11.1 Å². The van der Waals surface area contributed by atoms with Crippen LogP contribution in [0.1, 0.15) is 220 Å². The summed E-state index contributed by atoms with van der Waals surface area (Å²) < 4.78 is 33.2. The van der Waals surface area contributed by atoms with Crippen LogP contribution < -0.4 is 10.6 Å². The number of hydrogen-bond acceptors (Lipinski definition) is 15. The monoisotopic (exact) mass is 1280 g/mol. The summed E-state index contributed by atoms with van der Waals surface area (Å²) in [5.41, 5.74) is 4.63. The lowest BCUT2D eigenvalue weighted by Crippen LogP contribution is -2.52. The minimum Gasteiger partial charge on any atom is -0.464 e. The second kappa shape index (κ2) is 29.4. The van der Waals surface area contributed by atoms with Crippen LogP contribution in [-0.2, 0) is 41.9 Å². The largest absolute Gasteiger partial charge is 0.464 e. The lowest BCUT2D eigenvalue weighted by atomic mass is 9.77. The fourth-order valence-electron chi connectivity index (χ4n) is 12.5. The van der Waals surface area contributed by atoms with Gasteiger partial charge in [-0.15, -0.1) is 0 Å². The molecule has 8 rings (SSSR count). The second-order valence-corrected chi connectivity index (χ2v) is 42.6. The molecule has 0 aromatic carbocycles. The average Bonchev–Trinajstić information content (AvgIpc) is 1.36. The number of imidazole rings is 2. The summed E-state index contributed by atoms with van der Waals surface area (Å²) in [4.78, 5) is 59.7. The normalized spacial score (nSPS) is 22.6. The SMILES string of the molecule is CC1(C)CC=C(c2nc(C3CC(C)(C)OC(C)(CO)C3)ccc2NC(=O)c2nc(C#N)cn2COCC[Si](C)(C)C)CC1.CCCCOC(=O)C1(C)CC(c2ccc(NC(=O)c3nc(C#N)cn3COCC[Si](C)(C)C)c(C3=CCC(C)(C)CC3)n2)CC(C)(C)O1. The van der Waals surface area contributed by atoms with Gasteiger partial charge in [0.2, 0.25) is 11.6 Å². The van der Waals surface area contributed by atoms with Crippen molar-refractivity contribution < 1.29 is 43.2 Å². The number of ether oxygens (including phenoxy) is 5. The molecular formula is C70H104N10O9Si2. The van der Waals surface area contributed by atoms with Crippen LogP contribution in [0.5, 0.6) is 0 Å². The van der Waals surface area contributed by atoms with Crippen LogP contribution in [0, 0.1) is 33.5 Å². The van der Waals surface area contributed by atoms with E-state index in [9.17, 15) is 30.0 Å². The Hall–Kier alpha value is -6.18. The molecular weight excluding hydrogens is 1180 g/mol. The number of carbonyl (C=O) groups excluding carboxylic acids is 3. The number of aliphatic hydroxyl groups is 1. The third-order valence-corrected chi connectivity index (χ3v) is 21.1. The highest BCUT2D eigenvalue weighted by atomic mass is 28.3. The Morgan fingerprint density at radius 3 is 1.47 bits per heavy atom. The first-order valence-corrected chi connectivity index (χ1v) is 40.2. The van der Waals surface area contributed by atoms with Gasteiger partial charge in [0.1, 0.15) is 25.6 Å². The van der Waals surface area contributed by atoms with Crippen molar-refractivity contribution in [2.45, 2.75) is 252 Å². The number of aromatic nitrogens is 6. The molecule has 0 radical (unpaired) electrons. The molecule has 4 unspecified atom stereocenters. The smallest absolute Gasteiger partial charge is 0.338 e. The number of amides is 2. The van der Waals surface area contributed by atoms with Gasteiger partial charge >= 0.3 is 5.97 Å². The van der Waals surface area contributed by atoms with Gasteiger partial charge in [-0.05, 0) is 171 Å². The minimum atomic E-state index is -1.29. The predicted molar refractivity (Wildman–Crippen MR) is 362 cm³/mol. The molecule has 2 aliphatic carbocycles. The third kappa shape index (κ3) is 20.4. The zero-order chi connectivity index (χ0) is 67.0. The molecule has 2 amide bonds. The van der Waals surface area contributed by atoms with E-state index in [1.165, 1.54) is 0 Å². The van der Waals surface area contributed by atoms with Gasteiger partial charge in [0.15, 0.2) is 17.0 Å². The Labute approximate surface area is 543 Å². The van der Waals surface area contributed by atoms with E-state index < -0.39 is 50.4 Å². The van der Waals surface area contributed by atoms with Crippen LogP contribution in [0.3, 0.4) is 0 Å². The number of nitrogens with zero attached hydrogens (tertiary/aromatic N) is 8. The van der Waals surface area contributed by atoms with Gasteiger partial charge in [0, 0.05) is 65.0 Å². The molecule has 91 heavy (non-hydrogen) atoms. The molecule has 0 bridgehead atoms. The molecule has 2 aliphatic heterocycles. The topological polar surface area (TPSA) is 251 Å². The highest BCUT2D eigenvalue weighted by Crippen LogP contribution is 2.47. The van der Waals surface area contributed by atoms with Crippen LogP contribution in [-0.4, -0.2) is 117 Å². The maximum atomic E-state index is 13.8. The molecule has 21 heteroatoms. The summed E-state index contributed by atoms with van der Waals surface area (Å²) in [5.74, 6) is -0.926. The number of allylic oxidation sites excluding steroid dienone is 4. The minimum absolute atomic E-state index is 0.0621. The number of nitrogens with one attached hydrogen (secondary N) is 2. The molecule has 2 fully saturated rings. The number of carbonyl (C=O) groups is 3. The van der Waals surface area contributed by atoms with Crippen LogP contribution in [0.15, 0.2) is 48.8 Å². The van der Waals surface area contributed by atoms with Crippen molar-refractivity contribution in [3.63, 3.8) is 0 Å². The molecule has 496 valence electrons. The van der Waals surface area contributed by atoms with Crippen molar-refractivity contribution in [3.8, 4) is 12.1 Å². The summed E-state index contributed by atoms with van der Waals surface area (Å²) in [6.45, 7) is 38.5. The molecule has 6 heterocycles. The first-order chi connectivity index (χ1) is 42.5. The first-order valence-electron chi connectivity index (χ1n) is 32.8. The Bertz CT molecular complexity index is 3390. The Morgan fingerprint density at radius 1 is 0.637 bits per heavy atom. The number of anilines is 2.